The predicted octanol–water partition coefficient (Wildman–Crippen LogP) is 17.0. The van der Waals surface area contributed by atoms with Crippen LogP contribution in [0.2, 0.25) is 5.28 Å². The van der Waals surface area contributed by atoms with Crippen LogP contribution in [0.25, 0.3) is 11.0 Å². The summed E-state index contributed by atoms with van der Waals surface area (Å²) in [6.07, 6.45) is 37.9. The molecule has 414 valence electrons. The van der Waals surface area contributed by atoms with Crippen LogP contribution in [0.1, 0.15) is 202 Å². The Morgan fingerprint density at radius 2 is 1.41 bits per heavy atom. The Labute approximate surface area is 456 Å². The highest BCUT2D eigenvalue weighted by atomic mass is 35.5. The number of nitrogens with zero attached hydrogens (tertiary/aromatic N) is 8. The summed E-state index contributed by atoms with van der Waals surface area (Å²) in [6, 6.07) is 10.6. The van der Waals surface area contributed by atoms with E-state index in [1.54, 1.807) is 0 Å². The van der Waals surface area contributed by atoms with Crippen LogP contribution in [0.3, 0.4) is 0 Å². The Hall–Kier alpha value is -3.17. The number of halogens is 4. The Balaban J connectivity index is 0.708. The van der Waals surface area contributed by atoms with E-state index in [4.69, 9.17) is 31.4 Å². The van der Waals surface area contributed by atoms with Gasteiger partial charge in [0.1, 0.15) is 23.3 Å². The van der Waals surface area contributed by atoms with Gasteiger partial charge in [0.2, 0.25) is 5.28 Å². The van der Waals surface area contributed by atoms with Gasteiger partial charge < -0.3 is 9.64 Å². The van der Waals surface area contributed by atoms with Gasteiger partial charge in [0.15, 0.2) is 5.65 Å². The molecule has 75 heavy (non-hydrogen) atoms. The van der Waals surface area contributed by atoms with Crippen molar-refractivity contribution in [1.82, 2.24) is 34.7 Å². The fraction of sp³-hybridized carbons (Fsp3) is 0.683. The molecule has 0 radical (unpaired) electrons. The first kappa shape index (κ1) is 59.5. The number of hydrogen-bond donors (Lipinski definition) is 0. The number of hydrogen-bond acceptors (Lipinski definition) is 7. The fourth-order valence-corrected chi connectivity index (χ4v) is 16.6. The van der Waals surface area contributed by atoms with Crippen LogP contribution in [-0.4, -0.2) is 78.9 Å². The van der Waals surface area contributed by atoms with Crippen molar-refractivity contribution in [1.29, 1.82) is 0 Å². The average molecular weight is 1090 g/mol. The highest BCUT2D eigenvalue weighted by Crippen LogP contribution is 2.67. The van der Waals surface area contributed by atoms with E-state index in [-0.39, 0.29) is 18.8 Å². The summed E-state index contributed by atoms with van der Waals surface area (Å²) < 4.78 is 51.2. The molecule has 2 aliphatic rings. The number of ether oxygens (including phenoxy) is 1. The minimum absolute atomic E-state index is 0.0134. The second kappa shape index (κ2) is 32.0. The van der Waals surface area contributed by atoms with Crippen molar-refractivity contribution in [3.63, 3.8) is 0 Å². The third kappa shape index (κ3) is 19.0. The normalized spacial score (nSPS) is 16.8. The third-order valence-electron chi connectivity index (χ3n) is 16.4. The van der Waals surface area contributed by atoms with Gasteiger partial charge in [-0.3, -0.25) is 4.68 Å². The molecule has 2 aromatic carbocycles. The molecule has 4 atom stereocenters. The molecule has 2 saturated carbocycles. The SMILES string of the molecule is CCc1ccccc1CN(CCOCCCCCCCCCCc1cn(CCCCCCCCCCCCCCc2c(F)cc(F)cc2F)nn1)c1nc(Cl)nc2c1cnn2C1CCC(CC2(P(C)CPC)CC2)C1. The molecule has 7 rings (SSSR count). The Kier molecular flexibility index (Phi) is 25.4. The molecule has 3 aromatic heterocycles. The average Bonchev–Trinajstić information content (AvgIpc) is 3.65. The Morgan fingerprint density at radius 1 is 0.787 bits per heavy atom. The van der Waals surface area contributed by atoms with Crippen LogP contribution in [0, 0.1) is 23.4 Å². The first-order chi connectivity index (χ1) is 36.7. The van der Waals surface area contributed by atoms with Crippen molar-refractivity contribution < 1.29 is 17.9 Å². The minimum Gasteiger partial charge on any atom is -0.380 e. The standard InChI is InChI=1S/C60H90ClF3N8OP2/c1-4-48-27-23-24-28-49(48)44-70(57-54-43-65-72(58(54)67-59(61)66-57)52-32-31-47(39-52)42-60(33-34-60)75(3)46-74-2)36-38-73-37-26-20-16-12-10-13-17-21-29-51-45-71(69-68-51)35-25-19-15-11-8-6-5-7-9-14-18-22-30-53-55(63)40-50(62)41-56(53)64/h23-24,27-28,40-41,43,45,47,52,74H,4-22,25-26,29-39,42,44,46H2,1-3H3. The lowest BCUT2D eigenvalue weighted by atomic mass is 10.00. The van der Waals surface area contributed by atoms with Crippen molar-refractivity contribution in [2.75, 3.05) is 43.9 Å². The van der Waals surface area contributed by atoms with Gasteiger partial charge in [-0.15, -0.1) is 13.7 Å². The maximum absolute atomic E-state index is 13.8. The number of fused-ring (bicyclic) bond motifs is 1. The quantitative estimate of drug-likeness (QED) is 0.0220. The smallest absolute Gasteiger partial charge is 0.226 e. The molecule has 5 aromatic rings. The van der Waals surface area contributed by atoms with E-state index in [9.17, 15) is 13.2 Å². The maximum Gasteiger partial charge on any atom is 0.226 e. The molecule has 0 aliphatic heterocycles. The lowest BCUT2D eigenvalue weighted by molar-refractivity contribution is 0.135. The molecule has 0 amide bonds. The van der Waals surface area contributed by atoms with E-state index < -0.39 is 17.5 Å². The number of benzene rings is 2. The lowest BCUT2D eigenvalue weighted by Gasteiger charge is -2.27. The zero-order valence-electron chi connectivity index (χ0n) is 46.0. The van der Waals surface area contributed by atoms with Gasteiger partial charge >= 0.3 is 0 Å². The van der Waals surface area contributed by atoms with E-state index in [2.05, 4.69) is 70.6 Å². The molecule has 3 heterocycles. The van der Waals surface area contributed by atoms with Gasteiger partial charge in [0, 0.05) is 50.1 Å². The van der Waals surface area contributed by atoms with Crippen LogP contribution in [-0.2, 0) is 37.1 Å². The summed E-state index contributed by atoms with van der Waals surface area (Å²) in [6.45, 7) is 10.9. The molecule has 0 bridgehead atoms. The van der Waals surface area contributed by atoms with E-state index >= 15 is 0 Å². The zero-order chi connectivity index (χ0) is 52.7. The molecule has 0 N–H and O–H groups in total. The zero-order valence-corrected chi connectivity index (χ0v) is 48.6. The van der Waals surface area contributed by atoms with Crippen LogP contribution >= 0.6 is 28.1 Å². The maximum atomic E-state index is 13.8. The van der Waals surface area contributed by atoms with E-state index in [1.807, 2.05) is 10.9 Å². The molecular weight excluding hydrogens is 1000 g/mol. The van der Waals surface area contributed by atoms with Crippen LogP contribution in [0.15, 0.2) is 48.8 Å². The number of unbranched alkanes of at least 4 members (excludes halogenated alkanes) is 18. The van der Waals surface area contributed by atoms with Gasteiger partial charge in [0.05, 0.1) is 29.9 Å². The van der Waals surface area contributed by atoms with Crippen LogP contribution < -0.4 is 4.90 Å². The fourth-order valence-electron chi connectivity index (χ4n) is 11.8. The van der Waals surface area contributed by atoms with E-state index in [0.717, 1.165) is 127 Å². The van der Waals surface area contributed by atoms with E-state index in [1.165, 1.54) is 139 Å². The molecule has 2 aliphatic carbocycles. The monoisotopic (exact) mass is 1090 g/mol. The second-order valence-corrected chi connectivity index (χ2v) is 26.8. The molecule has 4 unspecified atom stereocenters. The molecule has 2 fully saturated rings. The van der Waals surface area contributed by atoms with Gasteiger partial charge in [-0.25, -0.2) is 17.9 Å². The van der Waals surface area contributed by atoms with Gasteiger partial charge in [0.25, 0.3) is 0 Å². The topological polar surface area (TPSA) is 86.8 Å². The van der Waals surface area contributed by atoms with Crippen molar-refractivity contribution in [2.24, 2.45) is 5.92 Å². The predicted molar refractivity (Wildman–Crippen MR) is 309 cm³/mol. The number of aryl methyl sites for hydroxylation is 3. The van der Waals surface area contributed by atoms with Crippen molar-refractivity contribution in [3.05, 3.63) is 93.9 Å². The second-order valence-electron chi connectivity index (χ2n) is 22.2. The summed E-state index contributed by atoms with van der Waals surface area (Å²) in [5.41, 5.74) is 4.64. The number of anilines is 1. The highest BCUT2D eigenvalue weighted by molar-refractivity contribution is 7.68. The number of rotatable bonds is 39. The van der Waals surface area contributed by atoms with Crippen molar-refractivity contribution >= 4 is 45.0 Å². The lowest BCUT2D eigenvalue weighted by Crippen LogP contribution is -2.29. The minimum atomic E-state index is -0.859. The largest absolute Gasteiger partial charge is 0.380 e. The third-order valence-corrected chi connectivity index (χ3v) is 21.9. The summed E-state index contributed by atoms with van der Waals surface area (Å²) in [4.78, 5) is 12.0. The Bertz CT molecular complexity index is 2410. The van der Waals surface area contributed by atoms with Crippen LogP contribution in [0.4, 0.5) is 19.0 Å². The highest BCUT2D eigenvalue weighted by Gasteiger charge is 2.48. The summed E-state index contributed by atoms with van der Waals surface area (Å²) in [5.74, 6) is 0.663. The van der Waals surface area contributed by atoms with E-state index in [0.29, 0.717) is 30.8 Å². The first-order valence-corrected chi connectivity index (χ1v) is 33.4. The Morgan fingerprint density at radius 3 is 2.07 bits per heavy atom. The van der Waals surface area contributed by atoms with Gasteiger partial charge in [-0.05, 0) is 137 Å². The molecule has 0 spiro atoms. The van der Waals surface area contributed by atoms with Gasteiger partial charge in [-0.1, -0.05) is 147 Å². The van der Waals surface area contributed by atoms with Crippen molar-refractivity contribution in [3.8, 4) is 0 Å². The number of aromatic nitrogens is 7. The van der Waals surface area contributed by atoms with Crippen LogP contribution in [0.5, 0.6) is 0 Å². The summed E-state index contributed by atoms with van der Waals surface area (Å²) in [7, 11) is 1.21. The molecular formula is C60H90ClF3N8OP2. The molecule has 15 heteroatoms. The van der Waals surface area contributed by atoms with Gasteiger partial charge in [-0.2, -0.15) is 15.1 Å². The van der Waals surface area contributed by atoms with Crippen molar-refractivity contribution in [2.45, 2.75) is 217 Å². The summed E-state index contributed by atoms with van der Waals surface area (Å²) >= 11 is 6.78. The molecule has 9 nitrogen and oxygen atoms in total. The molecule has 0 saturated heterocycles. The summed E-state index contributed by atoms with van der Waals surface area (Å²) in [5, 5.41) is 15.8. The first-order valence-electron chi connectivity index (χ1n) is 29.3.